The highest BCUT2D eigenvalue weighted by Gasteiger charge is 2.29. The van der Waals surface area contributed by atoms with Gasteiger partial charge in [-0.1, -0.05) is 19.4 Å². The van der Waals surface area contributed by atoms with E-state index in [-0.39, 0.29) is 6.09 Å². The molecule has 7 nitrogen and oxygen atoms in total. The molecule has 1 saturated heterocycles. The zero-order valence-corrected chi connectivity index (χ0v) is 21.0. The van der Waals surface area contributed by atoms with Gasteiger partial charge < -0.3 is 20.0 Å². The van der Waals surface area contributed by atoms with Crippen molar-refractivity contribution in [3.05, 3.63) is 57.7 Å². The van der Waals surface area contributed by atoms with E-state index < -0.39 is 5.60 Å². The van der Waals surface area contributed by atoms with Crippen LogP contribution in [0.15, 0.2) is 36.0 Å². The number of nitrogens with zero attached hydrogens (tertiary/aromatic N) is 4. The molecule has 2 aromatic heterocycles. The van der Waals surface area contributed by atoms with Crippen LogP contribution in [0.1, 0.15) is 55.8 Å². The second kappa shape index (κ2) is 10.1. The number of thiophene rings is 1. The van der Waals surface area contributed by atoms with Gasteiger partial charge in [0.15, 0.2) is 0 Å². The van der Waals surface area contributed by atoms with Crippen molar-refractivity contribution >= 4 is 23.1 Å². The highest BCUT2D eigenvalue weighted by atomic mass is 32.1. The zero-order valence-electron chi connectivity index (χ0n) is 20.1. The summed E-state index contributed by atoms with van der Waals surface area (Å²) in [6, 6.07) is 6.49. The molecule has 1 fully saturated rings. The van der Waals surface area contributed by atoms with Gasteiger partial charge in [0.25, 0.3) is 0 Å². The first-order valence-electron chi connectivity index (χ1n) is 11.8. The van der Waals surface area contributed by atoms with Crippen LogP contribution < -0.4 is 5.32 Å². The second-order valence-corrected chi connectivity index (χ2v) is 10.6. The maximum absolute atomic E-state index is 12.4. The van der Waals surface area contributed by atoms with Crippen molar-refractivity contribution in [2.24, 2.45) is 0 Å². The molecule has 4 rings (SSSR count). The number of hydrazine groups is 1. The van der Waals surface area contributed by atoms with Crippen LogP contribution in [0.5, 0.6) is 0 Å². The minimum Gasteiger partial charge on any atom is -0.444 e. The largest absolute Gasteiger partial charge is 0.444 e. The van der Waals surface area contributed by atoms with Crippen LogP contribution in [0.4, 0.5) is 4.79 Å². The lowest BCUT2D eigenvalue weighted by Crippen LogP contribution is -2.54. The number of aromatic nitrogens is 1. The summed E-state index contributed by atoms with van der Waals surface area (Å²) in [4.78, 5) is 20.3. The number of carbonyl (C=O) groups is 1. The van der Waals surface area contributed by atoms with Gasteiger partial charge in [0.1, 0.15) is 5.60 Å². The van der Waals surface area contributed by atoms with Gasteiger partial charge in [-0.25, -0.2) is 9.80 Å². The van der Waals surface area contributed by atoms with Crippen molar-refractivity contribution < 1.29 is 9.53 Å². The third-order valence-corrected chi connectivity index (χ3v) is 6.63. The van der Waals surface area contributed by atoms with Crippen LogP contribution in [0.3, 0.4) is 0 Å². The first-order valence-corrected chi connectivity index (χ1v) is 12.7. The van der Waals surface area contributed by atoms with Gasteiger partial charge in [-0.15, -0.1) is 11.3 Å². The molecule has 33 heavy (non-hydrogen) atoms. The molecule has 1 N–H and O–H groups in total. The van der Waals surface area contributed by atoms with E-state index in [0.29, 0.717) is 13.1 Å². The molecular formula is C25H35N5O2S. The van der Waals surface area contributed by atoms with Gasteiger partial charge >= 0.3 is 6.09 Å². The van der Waals surface area contributed by atoms with E-state index in [1.807, 2.05) is 27.0 Å². The Kier molecular flexibility index (Phi) is 7.24. The maximum Gasteiger partial charge on any atom is 0.410 e. The topological polar surface area (TPSA) is 60.9 Å². The third-order valence-electron chi connectivity index (χ3n) is 5.75. The maximum atomic E-state index is 12.4. The number of aryl methyl sites for hydroxylation is 1. The van der Waals surface area contributed by atoms with E-state index >= 15 is 0 Å². The van der Waals surface area contributed by atoms with Crippen LogP contribution in [0.2, 0.25) is 0 Å². The minimum absolute atomic E-state index is 0.229. The Balaban J connectivity index is 1.47. The van der Waals surface area contributed by atoms with Crippen LogP contribution >= 0.6 is 11.3 Å². The molecule has 2 aliphatic rings. The summed E-state index contributed by atoms with van der Waals surface area (Å²) < 4.78 is 5.55. The van der Waals surface area contributed by atoms with E-state index in [9.17, 15) is 4.79 Å². The van der Waals surface area contributed by atoms with Gasteiger partial charge in [0.2, 0.25) is 0 Å². The normalized spacial score (nSPS) is 16.9. The molecule has 2 aromatic rings. The predicted molar refractivity (Wildman–Crippen MR) is 132 cm³/mol. The summed E-state index contributed by atoms with van der Waals surface area (Å²) in [7, 11) is 0. The minimum atomic E-state index is -0.472. The van der Waals surface area contributed by atoms with Crippen molar-refractivity contribution in [3.63, 3.8) is 0 Å². The fourth-order valence-corrected chi connectivity index (χ4v) is 4.76. The SMILES string of the molecule is CCCc1cc2c(cn1)CN(N1CCN(C(=O)OC(C)(C)C)CC1)C=C2NCc1cccs1. The standard InChI is InChI=1S/C25H35N5O2S/c1-5-7-20-14-22-19(15-26-20)17-30(18-23(22)27-16-21-8-6-13-33-21)29-11-9-28(10-12-29)24(31)32-25(2,3)4/h6,8,13-15,18,27H,5,7,9-12,16-17H2,1-4H3. The summed E-state index contributed by atoms with van der Waals surface area (Å²) >= 11 is 1.76. The van der Waals surface area contributed by atoms with E-state index in [1.165, 1.54) is 16.0 Å². The molecular weight excluding hydrogens is 434 g/mol. The van der Waals surface area contributed by atoms with Crippen molar-refractivity contribution in [1.82, 2.24) is 25.2 Å². The van der Waals surface area contributed by atoms with E-state index in [2.05, 4.69) is 52.0 Å². The number of hydrogen-bond donors (Lipinski definition) is 1. The summed E-state index contributed by atoms with van der Waals surface area (Å²) in [6.07, 6.45) is 6.09. The monoisotopic (exact) mass is 469 g/mol. The second-order valence-electron chi connectivity index (χ2n) is 9.58. The van der Waals surface area contributed by atoms with Gasteiger partial charge in [-0.05, 0) is 44.7 Å². The number of ether oxygens (including phenoxy) is 1. The Morgan fingerprint density at radius 3 is 2.70 bits per heavy atom. The average molecular weight is 470 g/mol. The highest BCUT2D eigenvalue weighted by molar-refractivity contribution is 7.09. The molecule has 1 amide bonds. The quantitative estimate of drug-likeness (QED) is 0.674. The molecule has 0 spiro atoms. The van der Waals surface area contributed by atoms with E-state index in [4.69, 9.17) is 9.72 Å². The van der Waals surface area contributed by atoms with E-state index in [0.717, 1.165) is 50.4 Å². The summed E-state index contributed by atoms with van der Waals surface area (Å²) in [5.74, 6) is 0. The lowest BCUT2D eigenvalue weighted by molar-refractivity contribution is -0.0373. The van der Waals surface area contributed by atoms with E-state index in [1.54, 1.807) is 16.2 Å². The van der Waals surface area contributed by atoms with Crippen LogP contribution in [0.25, 0.3) is 5.70 Å². The van der Waals surface area contributed by atoms with Crippen LogP contribution in [-0.2, 0) is 24.2 Å². The van der Waals surface area contributed by atoms with Crippen LogP contribution in [0, 0.1) is 0 Å². The fourth-order valence-electron chi connectivity index (χ4n) is 4.12. The Morgan fingerprint density at radius 1 is 1.24 bits per heavy atom. The van der Waals surface area contributed by atoms with Gasteiger partial charge in [-0.2, -0.15) is 0 Å². The van der Waals surface area contributed by atoms with Crippen LogP contribution in [-0.4, -0.2) is 57.8 Å². The predicted octanol–water partition coefficient (Wildman–Crippen LogP) is 4.47. The zero-order chi connectivity index (χ0) is 23.4. The number of amides is 1. The number of piperazine rings is 1. The molecule has 4 heterocycles. The lowest BCUT2D eigenvalue weighted by Gasteiger charge is -2.42. The van der Waals surface area contributed by atoms with Gasteiger partial charge in [0.05, 0.1) is 12.2 Å². The molecule has 0 atom stereocenters. The Morgan fingerprint density at radius 2 is 2.03 bits per heavy atom. The average Bonchev–Trinajstić information content (AvgIpc) is 3.30. The smallest absolute Gasteiger partial charge is 0.410 e. The third kappa shape index (κ3) is 6.06. The molecule has 8 heteroatoms. The molecule has 0 aliphatic carbocycles. The number of rotatable bonds is 6. The number of nitrogens with one attached hydrogen (secondary N) is 1. The summed E-state index contributed by atoms with van der Waals surface area (Å²) in [5, 5.41) is 10.4. The van der Waals surface area contributed by atoms with Crippen molar-refractivity contribution in [2.75, 3.05) is 26.2 Å². The molecule has 0 saturated carbocycles. The molecule has 0 bridgehead atoms. The Labute approximate surface area is 201 Å². The first-order chi connectivity index (χ1) is 15.8. The summed E-state index contributed by atoms with van der Waals surface area (Å²) in [6.45, 7) is 12.3. The van der Waals surface area contributed by atoms with Crippen molar-refractivity contribution in [2.45, 2.75) is 59.2 Å². The highest BCUT2D eigenvalue weighted by Crippen LogP contribution is 2.28. The fraction of sp³-hybridized carbons (Fsp3) is 0.520. The lowest BCUT2D eigenvalue weighted by atomic mass is 10.0. The summed E-state index contributed by atoms with van der Waals surface area (Å²) in [5.41, 5.74) is 4.26. The number of fused-ring (bicyclic) bond motifs is 1. The molecule has 178 valence electrons. The van der Waals surface area contributed by atoms with Crippen molar-refractivity contribution in [3.8, 4) is 0 Å². The Hall–Kier alpha value is -2.58. The number of carbonyl (C=O) groups excluding carboxylic acids is 1. The first kappa shape index (κ1) is 23.6. The molecule has 0 unspecified atom stereocenters. The molecule has 0 radical (unpaired) electrons. The van der Waals surface area contributed by atoms with Gasteiger partial charge in [-0.3, -0.25) is 4.98 Å². The van der Waals surface area contributed by atoms with Crippen molar-refractivity contribution in [1.29, 1.82) is 0 Å². The molecule has 2 aliphatic heterocycles. The number of hydrogen-bond acceptors (Lipinski definition) is 7. The number of pyridine rings is 1. The molecule has 0 aromatic carbocycles. The Bertz CT molecular complexity index is 975. The van der Waals surface area contributed by atoms with Gasteiger partial charge in [0, 0.05) is 66.8 Å².